The van der Waals surface area contributed by atoms with Crippen molar-refractivity contribution in [3.8, 4) is 11.1 Å². The summed E-state index contributed by atoms with van der Waals surface area (Å²) < 4.78 is 0. The number of aromatic nitrogens is 1. The van der Waals surface area contributed by atoms with E-state index in [0.717, 1.165) is 6.42 Å². The van der Waals surface area contributed by atoms with Gasteiger partial charge in [0, 0.05) is 12.4 Å². The molecule has 0 N–H and O–H groups in total. The number of hydrogen-bond acceptors (Lipinski definition) is 1. The first kappa shape index (κ1) is 9.91. The van der Waals surface area contributed by atoms with E-state index >= 15 is 0 Å². The molecule has 0 amide bonds. The third-order valence-corrected chi connectivity index (χ3v) is 2.65. The van der Waals surface area contributed by atoms with Crippen LogP contribution in [0.15, 0.2) is 42.7 Å². The minimum Gasteiger partial charge on any atom is -0.264 e. The van der Waals surface area contributed by atoms with E-state index in [1.54, 1.807) is 0 Å². The third-order valence-electron chi connectivity index (χ3n) is 2.65. The average Bonchev–Trinajstić information content (AvgIpc) is 2.30. The standard InChI is InChI=1S/C14H15N/c1-3-12-10-15-9-8-14(12)13-6-4-11(2)5-7-13/h4-10H,3H2,1-2H3. The average molecular weight is 197 g/mol. The Morgan fingerprint density at radius 2 is 1.80 bits per heavy atom. The van der Waals surface area contributed by atoms with Crippen LogP contribution in [-0.2, 0) is 6.42 Å². The van der Waals surface area contributed by atoms with Gasteiger partial charge in [0.15, 0.2) is 0 Å². The first-order valence-corrected chi connectivity index (χ1v) is 5.31. The molecule has 1 heteroatoms. The number of rotatable bonds is 2. The molecule has 15 heavy (non-hydrogen) atoms. The van der Waals surface area contributed by atoms with Crippen molar-refractivity contribution in [3.63, 3.8) is 0 Å². The molecule has 1 heterocycles. The Morgan fingerprint density at radius 1 is 1.07 bits per heavy atom. The largest absolute Gasteiger partial charge is 0.264 e. The molecule has 0 spiro atoms. The van der Waals surface area contributed by atoms with Gasteiger partial charge in [-0.15, -0.1) is 0 Å². The summed E-state index contributed by atoms with van der Waals surface area (Å²) in [5.74, 6) is 0. The highest BCUT2D eigenvalue weighted by Crippen LogP contribution is 2.23. The Labute approximate surface area is 90.8 Å². The maximum atomic E-state index is 4.16. The van der Waals surface area contributed by atoms with Gasteiger partial charge in [0.25, 0.3) is 0 Å². The lowest BCUT2D eigenvalue weighted by atomic mass is 9.99. The van der Waals surface area contributed by atoms with Gasteiger partial charge in [-0.05, 0) is 36.1 Å². The Balaban J connectivity index is 2.49. The van der Waals surface area contributed by atoms with E-state index in [0.29, 0.717) is 0 Å². The van der Waals surface area contributed by atoms with Crippen molar-refractivity contribution in [2.45, 2.75) is 20.3 Å². The first-order valence-electron chi connectivity index (χ1n) is 5.31. The van der Waals surface area contributed by atoms with E-state index in [4.69, 9.17) is 0 Å². The Bertz CT molecular complexity index is 443. The zero-order valence-electron chi connectivity index (χ0n) is 9.20. The molecule has 0 fully saturated rings. The molecule has 0 aliphatic carbocycles. The molecular weight excluding hydrogens is 182 g/mol. The second-order valence-corrected chi connectivity index (χ2v) is 3.75. The lowest BCUT2D eigenvalue weighted by molar-refractivity contribution is 1.11. The normalized spacial score (nSPS) is 10.3. The Hall–Kier alpha value is -1.63. The number of pyridine rings is 1. The number of hydrogen-bond donors (Lipinski definition) is 0. The smallest absolute Gasteiger partial charge is 0.0305 e. The fourth-order valence-corrected chi connectivity index (χ4v) is 1.72. The molecule has 0 radical (unpaired) electrons. The zero-order chi connectivity index (χ0) is 10.7. The monoisotopic (exact) mass is 197 g/mol. The minimum absolute atomic E-state index is 1.02. The van der Waals surface area contributed by atoms with Crippen molar-refractivity contribution < 1.29 is 0 Å². The van der Waals surface area contributed by atoms with Crippen LogP contribution >= 0.6 is 0 Å². The van der Waals surface area contributed by atoms with Gasteiger partial charge in [0.05, 0.1) is 0 Å². The SMILES string of the molecule is CCc1cnccc1-c1ccc(C)cc1. The Morgan fingerprint density at radius 3 is 2.47 bits per heavy atom. The maximum Gasteiger partial charge on any atom is 0.0305 e. The third kappa shape index (κ3) is 2.07. The van der Waals surface area contributed by atoms with E-state index < -0.39 is 0 Å². The molecule has 0 aliphatic heterocycles. The lowest BCUT2D eigenvalue weighted by Crippen LogP contribution is -1.88. The van der Waals surface area contributed by atoms with Crippen LogP contribution in [0.5, 0.6) is 0 Å². The van der Waals surface area contributed by atoms with E-state index in [2.05, 4.69) is 49.2 Å². The molecule has 2 rings (SSSR count). The summed E-state index contributed by atoms with van der Waals surface area (Å²) in [6, 6.07) is 10.7. The number of nitrogens with zero attached hydrogens (tertiary/aromatic N) is 1. The van der Waals surface area contributed by atoms with Crippen molar-refractivity contribution >= 4 is 0 Å². The lowest BCUT2D eigenvalue weighted by Gasteiger charge is -2.07. The predicted octanol–water partition coefficient (Wildman–Crippen LogP) is 3.62. The van der Waals surface area contributed by atoms with Crippen molar-refractivity contribution in [2.24, 2.45) is 0 Å². The van der Waals surface area contributed by atoms with Crippen molar-refractivity contribution in [1.82, 2.24) is 4.98 Å². The van der Waals surface area contributed by atoms with E-state index in [9.17, 15) is 0 Å². The summed E-state index contributed by atoms with van der Waals surface area (Å²) in [7, 11) is 0. The minimum atomic E-state index is 1.02. The Kier molecular flexibility index (Phi) is 2.82. The topological polar surface area (TPSA) is 12.9 Å². The zero-order valence-corrected chi connectivity index (χ0v) is 9.20. The second kappa shape index (κ2) is 4.26. The molecule has 0 atom stereocenters. The first-order chi connectivity index (χ1) is 7.31. The molecule has 0 unspecified atom stereocenters. The van der Waals surface area contributed by atoms with Gasteiger partial charge < -0.3 is 0 Å². The summed E-state index contributed by atoms with van der Waals surface area (Å²) in [5, 5.41) is 0. The summed E-state index contributed by atoms with van der Waals surface area (Å²) in [6.45, 7) is 4.27. The van der Waals surface area contributed by atoms with Gasteiger partial charge >= 0.3 is 0 Å². The number of aryl methyl sites for hydroxylation is 2. The van der Waals surface area contributed by atoms with Crippen LogP contribution in [0.4, 0.5) is 0 Å². The molecule has 0 bridgehead atoms. The predicted molar refractivity (Wildman–Crippen MR) is 63.8 cm³/mol. The second-order valence-electron chi connectivity index (χ2n) is 3.75. The van der Waals surface area contributed by atoms with Crippen molar-refractivity contribution in [1.29, 1.82) is 0 Å². The highest BCUT2D eigenvalue weighted by atomic mass is 14.6. The molecule has 76 valence electrons. The molecular formula is C14H15N. The highest BCUT2D eigenvalue weighted by molar-refractivity contribution is 5.66. The molecule has 0 aliphatic rings. The summed E-state index contributed by atoms with van der Waals surface area (Å²) in [6.07, 6.45) is 4.83. The van der Waals surface area contributed by atoms with Crippen LogP contribution in [0.25, 0.3) is 11.1 Å². The van der Waals surface area contributed by atoms with Crippen molar-refractivity contribution in [2.75, 3.05) is 0 Å². The van der Waals surface area contributed by atoms with E-state index in [-0.39, 0.29) is 0 Å². The van der Waals surface area contributed by atoms with Gasteiger partial charge in [-0.3, -0.25) is 4.98 Å². The fourth-order valence-electron chi connectivity index (χ4n) is 1.72. The quantitative estimate of drug-likeness (QED) is 0.716. The van der Waals surface area contributed by atoms with Crippen LogP contribution < -0.4 is 0 Å². The van der Waals surface area contributed by atoms with E-state index in [1.807, 2.05) is 12.4 Å². The van der Waals surface area contributed by atoms with Crippen LogP contribution in [0.3, 0.4) is 0 Å². The molecule has 1 aromatic heterocycles. The summed E-state index contributed by atoms with van der Waals surface area (Å²) in [5.41, 5.74) is 5.18. The molecule has 1 nitrogen and oxygen atoms in total. The molecule has 0 saturated heterocycles. The summed E-state index contributed by atoms with van der Waals surface area (Å²) >= 11 is 0. The van der Waals surface area contributed by atoms with Crippen LogP contribution in [0.2, 0.25) is 0 Å². The van der Waals surface area contributed by atoms with Gasteiger partial charge in [-0.2, -0.15) is 0 Å². The van der Waals surface area contributed by atoms with Crippen LogP contribution in [0, 0.1) is 6.92 Å². The number of benzene rings is 1. The highest BCUT2D eigenvalue weighted by Gasteiger charge is 2.02. The van der Waals surface area contributed by atoms with Gasteiger partial charge in [-0.25, -0.2) is 0 Å². The molecule has 2 aromatic rings. The van der Waals surface area contributed by atoms with Crippen LogP contribution in [0.1, 0.15) is 18.1 Å². The van der Waals surface area contributed by atoms with Gasteiger partial charge in [-0.1, -0.05) is 36.8 Å². The molecule has 1 aromatic carbocycles. The maximum absolute atomic E-state index is 4.16. The van der Waals surface area contributed by atoms with Crippen LogP contribution in [-0.4, -0.2) is 4.98 Å². The van der Waals surface area contributed by atoms with E-state index in [1.165, 1.54) is 22.3 Å². The van der Waals surface area contributed by atoms with Crippen molar-refractivity contribution in [3.05, 3.63) is 53.9 Å². The van der Waals surface area contributed by atoms with Gasteiger partial charge in [0.2, 0.25) is 0 Å². The fraction of sp³-hybridized carbons (Fsp3) is 0.214. The summed E-state index contributed by atoms with van der Waals surface area (Å²) in [4.78, 5) is 4.16. The van der Waals surface area contributed by atoms with Gasteiger partial charge in [0.1, 0.15) is 0 Å². The molecule has 0 saturated carbocycles.